The van der Waals surface area contributed by atoms with Crippen molar-refractivity contribution in [3.63, 3.8) is 0 Å². The zero-order valence-electron chi connectivity index (χ0n) is 21.1. The van der Waals surface area contributed by atoms with Gasteiger partial charge in [0.15, 0.2) is 27.5 Å². The Morgan fingerprint density at radius 1 is 1.13 bits per heavy atom. The summed E-state index contributed by atoms with van der Waals surface area (Å²) in [5, 5.41) is 3.74. The highest BCUT2D eigenvalue weighted by Crippen LogP contribution is 2.28. The first-order valence-electron chi connectivity index (χ1n) is 11.9. The summed E-state index contributed by atoms with van der Waals surface area (Å²) in [5.74, 6) is 0.344. The van der Waals surface area contributed by atoms with Gasteiger partial charge in [0.1, 0.15) is 17.0 Å². The van der Waals surface area contributed by atoms with Gasteiger partial charge in [-0.15, -0.1) is 4.31 Å². The van der Waals surface area contributed by atoms with E-state index in [0.717, 1.165) is 5.56 Å². The maximum atomic E-state index is 13.5. The smallest absolute Gasteiger partial charge is 0.284 e. The Morgan fingerprint density at radius 2 is 1.84 bits per heavy atom. The van der Waals surface area contributed by atoms with Gasteiger partial charge in [0.25, 0.3) is 11.5 Å². The Labute approximate surface area is 219 Å². The molecule has 198 valence electrons. The number of ether oxygens (including phenoxy) is 1. The molecular weight excluding hydrogens is 512 g/mol. The van der Waals surface area contributed by atoms with Gasteiger partial charge in [-0.25, -0.2) is 9.97 Å². The molecule has 1 saturated heterocycles. The molecule has 1 aromatic carbocycles. The van der Waals surface area contributed by atoms with Gasteiger partial charge in [-0.1, -0.05) is 21.5 Å². The molecule has 1 unspecified atom stereocenters. The van der Waals surface area contributed by atoms with Gasteiger partial charge in [0, 0.05) is 26.2 Å². The first-order chi connectivity index (χ1) is 18.2. The second-order valence-electron chi connectivity index (χ2n) is 8.90. The van der Waals surface area contributed by atoms with Crippen LogP contribution >= 0.6 is 0 Å². The van der Waals surface area contributed by atoms with Crippen LogP contribution in [-0.2, 0) is 21.2 Å². The predicted molar refractivity (Wildman–Crippen MR) is 136 cm³/mol. The molecule has 0 radical (unpaired) electrons. The molecule has 1 fully saturated rings. The standard InChI is InChI=1S/C25H26N6O6S/c1-16-22(17(2)37-28-16)38(34,35)30-13-11-29(12-14-30)24(32)21-25(33)31(23-20(27-21)5-4-10-26-23)15-18-6-8-19(36-3)9-7-18/h4-10H,11-15H2,1-3H3. The van der Waals surface area contributed by atoms with Crippen molar-refractivity contribution in [2.45, 2.75) is 25.3 Å². The predicted octanol–water partition coefficient (Wildman–Crippen LogP) is 1.82. The van der Waals surface area contributed by atoms with E-state index < -0.39 is 21.9 Å². The van der Waals surface area contributed by atoms with Crippen LogP contribution in [0.3, 0.4) is 0 Å². The fourth-order valence-corrected chi connectivity index (χ4v) is 6.24. The molecule has 1 aliphatic heterocycles. The monoisotopic (exact) mass is 538 g/mol. The Morgan fingerprint density at radius 3 is 2.47 bits per heavy atom. The molecule has 0 aliphatic carbocycles. The molecular formula is C25H26N6O6S. The topological polar surface area (TPSA) is 147 Å². The van der Waals surface area contributed by atoms with Crippen molar-refractivity contribution in [3.8, 4) is 5.75 Å². The van der Waals surface area contributed by atoms with Gasteiger partial charge >= 0.3 is 0 Å². The first-order valence-corrected chi connectivity index (χ1v) is 13.4. The van der Waals surface area contributed by atoms with Crippen molar-refractivity contribution in [1.82, 2.24) is 28.9 Å². The molecule has 1 atom stereocenters. The summed E-state index contributed by atoms with van der Waals surface area (Å²) in [6, 6.07) is 10.6. The van der Waals surface area contributed by atoms with Crippen molar-refractivity contribution < 1.29 is 22.8 Å². The number of nitrogens with zero attached hydrogens (tertiary/aromatic N) is 6. The number of benzene rings is 1. The van der Waals surface area contributed by atoms with E-state index in [2.05, 4.69) is 15.1 Å². The van der Waals surface area contributed by atoms with Gasteiger partial charge < -0.3 is 18.7 Å². The Hall–Kier alpha value is -3.94. The average molecular weight is 539 g/mol. The number of methoxy groups -OCH3 is 1. The van der Waals surface area contributed by atoms with Crippen molar-refractivity contribution in [1.29, 1.82) is 0 Å². The van der Waals surface area contributed by atoms with Crippen LogP contribution in [0.4, 0.5) is 0 Å². The van der Waals surface area contributed by atoms with E-state index in [9.17, 15) is 18.4 Å². The Balaban J connectivity index is 1.41. The molecule has 1 aliphatic rings. The lowest BCUT2D eigenvalue weighted by atomic mass is 10.2. The molecule has 12 nitrogen and oxygen atoms in total. The number of fused-ring (bicyclic) bond motifs is 1. The van der Waals surface area contributed by atoms with Gasteiger partial charge in [-0.2, -0.15) is 0 Å². The van der Waals surface area contributed by atoms with Crippen LogP contribution in [0.5, 0.6) is 5.75 Å². The van der Waals surface area contributed by atoms with E-state index in [1.807, 2.05) is 12.1 Å². The number of pyridine rings is 1. The van der Waals surface area contributed by atoms with Crippen LogP contribution < -0.4 is 10.3 Å². The van der Waals surface area contributed by atoms with Gasteiger partial charge in [-0.05, 0) is 36.8 Å². The number of sulfonamides is 1. The molecule has 38 heavy (non-hydrogen) atoms. The van der Waals surface area contributed by atoms with Crippen LogP contribution in [0.25, 0.3) is 11.2 Å². The highest BCUT2D eigenvalue weighted by Gasteiger charge is 2.39. The fourth-order valence-electron chi connectivity index (χ4n) is 4.53. The second kappa shape index (κ2) is 10.1. The molecule has 0 N–H and O–H groups in total. The molecule has 5 rings (SSSR count). The maximum Gasteiger partial charge on any atom is 0.284 e. The molecule has 13 heteroatoms. The lowest BCUT2D eigenvalue weighted by Gasteiger charge is -2.35. The molecule has 3 aromatic heterocycles. The van der Waals surface area contributed by atoms with Crippen LogP contribution in [0.2, 0.25) is 0 Å². The lowest BCUT2D eigenvalue weighted by Crippen LogP contribution is -2.53. The molecule has 0 saturated carbocycles. The summed E-state index contributed by atoms with van der Waals surface area (Å²) in [5.41, 5.74) is 1.07. The van der Waals surface area contributed by atoms with E-state index in [1.165, 1.54) is 13.8 Å². The van der Waals surface area contributed by atoms with E-state index in [0.29, 0.717) is 16.9 Å². The normalized spacial score (nSPS) is 15.9. The van der Waals surface area contributed by atoms with Crippen molar-refractivity contribution in [2.24, 2.45) is 0 Å². The Bertz CT molecular complexity index is 1590. The summed E-state index contributed by atoms with van der Waals surface area (Å²) in [4.78, 5) is 37.1. The highest BCUT2D eigenvalue weighted by molar-refractivity contribution is 7.95. The number of amides is 1. The summed E-state index contributed by atoms with van der Waals surface area (Å²) < 4.78 is 39.2. The number of carbonyl (C=O) groups excluding carboxylic acids is 1. The van der Waals surface area contributed by atoms with E-state index in [4.69, 9.17) is 9.26 Å². The zero-order chi connectivity index (χ0) is 27.0. The fraction of sp³-hybridized carbons (Fsp3) is 0.320. The first kappa shape index (κ1) is 25.7. The summed E-state index contributed by atoms with van der Waals surface area (Å²) in [6.07, 6.45) is 1.56. The number of aromatic nitrogens is 4. The van der Waals surface area contributed by atoms with Crippen molar-refractivity contribution >= 4 is 27.5 Å². The molecule has 4 heterocycles. The summed E-state index contributed by atoms with van der Waals surface area (Å²) in [7, 11) is -2.26. The molecule has 1 amide bonds. The molecule has 0 spiro atoms. The number of piperazine rings is 1. The van der Waals surface area contributed by atoms with Crippen LogP contribution in [0.1, 0.15) is 27.5 Å². The van der Waals surface area contributed by atoms with Crippen molar-refractivity contribution in [3.05, 3.63) is 75.7 Å². The van der Waals surface area contributed by atoms with E-state index >= 15 is 0 Å². The number of carbonyl (C=O) groups is 1. The van der Waals surface area contributed by atoms with Crippen LogP contribution in [-0.4, -0.2) is 72.6 Å². The Kier molecular flexibility index (Phi) is 6.82. The van der Waals surface area contributed by atoms with Crippen LogP contribution in [0.15, 0.2) is 56.8 Å². The van der Waals surface area contributed by atoms with E-state index in [1.54, 1.807) is 51.4 Å². The van der Waals surface area contributed by atoms with Crippen molar-refractivity contribution in [2.75, 3.05) is 33.3 Å². The number of hydrogen-bond donors (Lipinski definition) is 0. The summed E-state index contributed by atoms with van der Waals surface area (Å²) >= 11 is 0. The largest absolute Gasteiger partial charge is 0.593 e. The summed E-state index contributed by atoms with van der Waals surface area (Å²) in [6.45, 7) is 3.63. The SMILES string of the molecule is COc1ccc(Cn2c(=O)c(C(=O)N3CCN([S+](=O)([O-])c4c(C)noc4C)CC3)nc3cccnc32)cc1. The van der Waals surface area contributed by atoms with E-state index in [-0.39, 0.29) is 54.8 Å². The third-order valence-electron chi connectivity index (χ3n) is 6.50. The average Bonchev–Trinajstić information content (AvgIpc) is 3.28. The second-order valence-corrected chi connectivity index (χ2v) is 10.8. The number of hydrogen-bond acceptors (Lipinski definition) is 9. The highest BCUT2D eigenvalue weighted by atomic mass is 32.3. The molecule has 0 bridgehead atoms. The molecule has 4 aromatic rings. The van der Waals surface area contributed by atoms with Crippen LogP contribution in [0, 0.1) is 13.8 Å². The minimum atomic E-state index is -3.84. The number of rotatable bonds is 6. The van der Waals surface area contributed by atoms with Gasteiger partial charge in [0.05, 0.1) is 26.7 Å². The number of aryl methyl sites for hydroxylation is 2. The van der Waals surface area contributed by atoms with Gasteiger partial charge in [-0.3, -0.25) is 14.2 Å². The third kappa shape index (κ3) is 4.59. The lowest BCUT2D eigenvalue weighted by molar-refractivity contribution is 0.0684. The van der Waals surface area contributed by atoms with Gasteiger partial charge in [0.2, 0.25) is 4.90 Å². The maximum absolute atomic E-state index is 13.5. The third-order valence-corrected chi connectivity index (χ3v) is 8.64. The minimum absolute atomic E-state index is 0.0439. The quantitative estimate of drug-likeness (QED) is 0.335. The zero-order valence-corrected chi connectivity index (χ0v) is 21.9. The minimum Gasteiger partial charge on any atom is -0.593 e.